The molecule has 1 heterocycles. The van der Waals surface area contributed by atoms with Crippen molar-refractivity contribution in [2.45, 2.75) is 13.8 Å². The molecule has 0 radical (unpaired) electrons. The second kappa shape index (κ2) is 6.59. The molecule has 0 saturated carbocycles. The molecule has 0 spiro atoms. The van der Waals surface area contributed by atoms with Crippen LogP contribution in [0, 0.1) is 13.8 Å². The van der Waals surface area contributed by atoms with Crippen LogP contribution >= 0.6 is 39.9 Å². The van der Waals surface area contributed by atoms with Gasteiger partial charge in [0, 0.05) is 4.47 Å². The molecule has 3 rings (SSSR count). The van der Waals surface area contributed by atoms with E-state index < -0.39 is 0 Å². The Morgan fingerprint density at radius 3 is 2.48 bits per heavy atom. The number of anilines is 1. The summed E-state index contributed by atoms with van der Waals surface area (Å²) in [6.45, 7) is 4.04. The van der Waals surface area contributed by atoms with Crippen molar-refractivity contribution in [2.75, 3.05) is 4.90 Å². The van der Waals surface area contributed by atoms with Crippen LogP contribution in [0.2, 0.25) is 0 Å². The van der Waals surface area contributed by atoms with E-state index in [0.29, 0.717) is 9.23 Å². The van der Waals surface area contributed by atoms with Gasteiger partial charge in [-0.15, -0.1) is 0 Å². The Morgan fingerprint density at radius 1 is 1.13 bits per heavy atom. The molecule has 0 unspecified atom stereocenters. The summed E-state index contributed by atoms with van der Waals surface area (Å²) < 4.78 is 1.59. The minimum absolute atomic E-state index is 0.0603. The molecule has 5 heteroatoms. The number of carbonyl (C=O) groups excluding carboxylic acids is 1. The Bertz CT molecular complexity index is 827. The Morgan fingerprint density at radius 2 is 1.83 bits per heavy atom. The smallest absolute Gasteiger partial charge is 0.268 e. The van der Waals surface area contributed by atoms with Crippen LogP contribution < -0.4 is 4.90 Å². The van der Waals surface area contributed by atoms with E-state index in [2.05, 4.69) is 22.0 Å². The van der Waals surface area contributed by atoms with Crippen molar-refractivity contribution in [3.8, 4) is 0 Å². The molecule has 0 aromatic heterocycles. The van der Waals surface area contributed by atoms with Gasteiger partial charge in [0.15, 0.2) is 4.32 Å². The van der Waals surface area contributed by atoms with Crippen molar-refractivity contribution < 1.29 is 4.79 Å². The van der Waals surface area contributed by atoms with Crippen molar-refractivity contribution in [2.24, 2.45) is 0 Å². The quantitative estimate of drug-likeness (QED) is 0.489. The predicted octanol–water partition coefficient (Wildman–Crippen LogP) is 5.47. The van der Waals surface area contributed by atoms with Gasteiger partial charge in [-0.3, -0.25) is 9.69 Å². The number of halogens is 1. The van der Waals surface area contributed by atoms with Gasteiger partial charge in [-0.1, -0.05) is 69.7 Å². The lowest BCUT2D eigenvalue weighted by Crippen LogP contribution is -2.28. The third-order valence-corrected chi connectivity index (χ3v) is 5.39. The molecule has 23 heavy (non-hydrogen) atoms. The molecular formula is C18H14BrNOS2. The van der Waals surface area contributed by atoms with Crippen molar-refractivity contribution in [1.29, 1.82) is 0 Å². The summed E-state index contributed by atoms with van der Waals surface area (Å²) in [5, 5.41) is 0. The van der Waals surface area contributed by atoms with E-state index in [1.165, 1.54) is 17.3 Å². The molecule has 0 N–H and O–H groups in total. The average molecular weight is 404 g/mol. The number of thiocarbonyl (C=S) groups is 1. The minimum atomic E-state index is -0.0603. The van der Waals surface area contributed by atoms with Gasteiger partial charge in [-0.25, -0.2) is 0 Å². The number of benzene rings is 2. The van der Waals surface area contributed by atoms with Crippen LogP contribution in [-0.2, 0) is 4.79 Å². The van der Waals surface area contributed by atoms with Gasteiger partial charge < -0.3 is 0 Å². The van der Waals surface area contributed by atoms with Crippen molar-refractivity contribution in [1.82, 2.24) is 0 Å². The first-order valence-corrected chi connectivity index (χ1v) is 9.08. The SMILES string of the molecule is Cc1ccc(N2C(=O)/C(=C/c3ccc(Br)cc3)SC2=S)c(C)c1. The fourth-order valence-corrected chi connectivity index (χ4v) is 3.99. The van der Waals surface area contributed by atoms with E-state index in [9.17, 15) is 4.79 Å². The molecule has 2 aromatic rings. The summed E-state index contributed by atoms with van der Waals surface area (Å²) in [7, 11) is 0. The first kappa shape index (κ1) is 16.4. The van der Waals surface area contributed by atoms with Gasteiger partial charge in [0.05, 0.1) is 10.6 Å². The summed E-state index contributed by atoms with van der Waals surface area (Å²) >= 11 is 10.2. The highest BCUT2D eigenvalue weighted by Gasteiger charge is 2.33. The zero-order valence-corrected chi connectivity index (χ0v) is 15.9. The first-order valence-electron chi connectivity index (χ1n) is 7.06. The standard InChI is InChI=1S/C18H14BrNOS2/c1-11-3-8-15(12(2)9-11)20-17(21)16(23-18(20)22)10-13-4-6-14(19)7-5-13/h3-10H,1-2H3/b16-10-. The molecule has 1 aliphatic heterocycles. The summed E-state index contributed by atoms with van der Waals surface area (Å²) in [6, 6.07) is 13.9. The zero-order valence-electron chi connectivity index (χ0n) is 12.7. The molecular weight excluding hydrogens is 390 g/mol. The second-order valence-corrected chi connectivity index (χ2v) is 7.95. The maximum atomic E-state index is 12.8. The molecule has 116 valence electrons. The number of thioether (sulfide) groups is 1. The third-order valence-electron chi connectivity index (χ3n) is 3.55. The van der Waals surface area contributed by atoms with E-state index in [-0.39, 0.29) is 5.91 Å². The molecule has 1 fully saturated rings. The highest BCUT2D eigenvalue weighted by molar-refractivity contribution is 9.10. The number of amides is 1. The lowest BCUT2D eigenvalue weighted by atomic mass is 10.1. The Hall–Kier alpha value is -1.43. The van der Waals surface area contributed by atoms with Gasteiger partial charge in [-0.05, 0) is 49.2 Å². The highest BCUT2D eigenvalue weighted by atomic mass is 79.9. The normalized spacial score (nSPS) is 16.5. The molecule has 1 saturated heterocycles. The number of rotatable bonds is 2. The van der Waals surface area contributed by atoms with Crippen molar-refractivity contribution in [3.05, 3.63) is 68.5 Å². The van der Waals surface area contributed by atoms with Crippen molar-refractivity contribution >= 4 is 61.9 Å². The molecule has 2 nitrogen and oxygen atoms in total. The third kappa shape index (κ3) is 3.42. The van der Waals surface area contributed by atoms with E-state index in [4.69, 9.17) is 12.2 Å². The van der Waals surface area contributed by atoms with E-state index >= 15 is 0 Å². The number of nitrogens with zero attached hydrogens (tertiary/aromatic N) is 1. The summed E-state index contributed by atoms with van der Waals surface area (Å²) in [6.07, 6.45) is 1.88. The van der Waals surface area contributed by atoms with E-state index in [1.54, 1.807) is 4.90 Å². The zero-order chi connectivity index (χ0) is 16.6. The maximum Gasteiger partial charge on any atom is 0.270 e. The van der Waals surface area contributed by atoms with Crippen LogP contribution in [0.3, 0.4) is 0 Å². The van der Waals surface area contributed by atoms with Crippen LogP contribution in [-0.4, -0.2) is 10.2 Å². The van der Waals surface area contributed by atoms with Crippen LogP contribution in [0.1, 0.15) is 16.7 Å². The highest BCUT2D eigenvalue weighted by Crippen LogP contribution is 2.37. The minimum Gasteiger partial charge on any atom is -0.268 e. The summed E-state index contributed by atoms with van der Waals surface area (Å²) in [5.41, 5.74) is 4.06. The predicted molar refractivity (Wildman–Crippen MR) is 106 cm³/mol. The molecule has 1 aliphatic rings. The van der Waals surface area contributed by atoms with Crippen LogP contribution in [0.25, 0.3) is 6.08 Å². The maximum absolute atomic E-state index is 12.8. The fraction of sp³-hybridized carbons (Fsp3) is 0.111. The van der Waals surface area contributed by atoms with Gasteiger partial charge in [0.2, 0.25) is 0 Å². The average Bonchev–Trinajstić information content (AvgIpc) is 2.77. The largest absolute Gasteiger partial charge is 0.270 e. The van der Waals surface area contributed by atoms with Gasteiger partial charge in [0.1, 0.15) is 0 Å². The van der Waals surface area contributed by atoms with Crippen LogP contribution in [0.15, 0.2) is 51.8 Å². The monoisotopic (exact) mass is 403 g/mol. The van der Waals surface area contributed by atoms with Crippen LogP contribution in [0.4, 0.5) is 5.69 Å². The lowest BCUT2D eigenvalue weighted by Gasteiger charge is -2.17. The summed E-state index contributed by atoms with van der Waals surface area (Å²) in [4.78, 5) is 15.0. The number of aryl methyl sites for hydroxylation is 2. The number of carbonyl (C=O) groups is 1. The Labute approximate surface area is 153 Å². The van der Waals surface area contributed by atoms with Crippen molar-refractivity contribution in [3.63, 3.8) is 0 Å². The molecule has 1 amide bonds. The first-order chi connectivity index (χ1) is 11.0. The fourth-order valence-electron chi connectivity index (χ4n) is 2.44. The molecule has 2 aromatic carbocycles. The molecule has 0 atom stereocenters. The topological polar surface area (TPSA) is 20.3 Å². The Kier molecular flexibility index (Phi) is 4.71. The second-order valence-electron chi connectivity index (χ2n) is 5.36. The van der Waals surface area contributed by atoms with Gasteiger partial charge in [-0.2, -0.15) is 0 Å². The van der Waals surface area contributed by atoms with Gasteiger partial charge in [0.25, 0.3) is 5.91 Å². The van der Waals surface area contributed by atoms with Crippen LogP contribution in [0.5, 0.6) is 0 Å². The molecule has 0 aliphatic carbocycles. The van der Waals surface area contributed by atoms with Gasteiger partial charge >= 0.3 is 0 Å². The number of hydrogen-bond donors (Lipinski definition) is 0. The molecule has 0 bridgehead atoms. The number of hydrogen-bond acceptors (Lipinski definition) is 3. The summed E-state index contributed by atoms with van der Waals surface area (Å²) in [5.74, 6) is -0.0603. The van der Waals surface area contributed by atoms with E-state index in [0.717, 1.165) is 21.3 Å². The van der Waals surface area contributed by atoms with E-state index in [1.807, 2.05) is 56.3 Å². The lowest BCUT2D eigenvalue weighted by molar-refractivity contribution is -0.113. The Balaban J connectivity index is 1.95.